The zero-order chi connectivity index (χ0) is 24.0. The first-order valence-corrected chi connectivity index (χ1v) is 12.5. The fourth-order valence-corrected chi connectivity index (χ4v) is 4.93. The van der Waals surface area contributed by atoms with Gasteiger partial charge in [-0.25, -0.2) is 26.3 Å². The van der Waals surface area contributed by atoms with Crippen LogP contribution in [0.1, 0.15) is 18.9 Å². The van der Waals surface area contributed by atoms with Crippen LogP contribution in [0.25, 0.3) is 11.1 Å². The summed E-state index contributed by atoms with van der Waals surface area (Å²) in [5, 5.41) is 0. The molecule has 1 N–H and O–H groups in total. The van der Waals surface area contributed by atoms with Gasteiger partial charge in [0.1, 0.15) is 17.3 Å². The molecule has 0 radical (unpaired) electrons. The normalized spacial score (nSPS) is 27.4. The number of halogens is 3. The quantitative estimate of drug-likeness (QED) is 0.687. The maximum absolute atomic E-state index is 16.0. The molecule has 0 spiro atoms. The zero-order valence-corrected chi connectivity index (χ0v) is 19.0. The number of benzene rings is 2. The van der Waals surface area contributed by atoms with Crippen molar-refractivity contribution in [1.82, 2.24) is 9.62 Å². The number of nitrogens with zero attached hydrogens (tertiary/aromatic N) is 1. The van der Waals surface area contributed by atoms with Crippen LogP contribution in [0.4, 0.5) is 13.2 Å². The molecule has 1 heterocycles. The predicted molar refractivity (Wildman–Crippen MR) is 116 cm³/mol. The number of alkyl halides is 1. The Morgan fingerprint density at radius 3 is 2.48 bits per heavy atom. The van der Waals surface area contributed by atoms with Crippen LogP contribution in [0.5, 0.6) is 0 Å². The van der Waals surface area contributed by atoms with E-state index in [9.17, 15) is 22.0 Å². The largest absolute Gasteiger partial charge is 0.370 e. The molecule has 0 unspecified atom stereocenters. The minimum Gasteiger partial charge on any atom is -0.370 e. The summed E-state index contributed by atoms with van der Waals surface area (Å²) in [5.74, 6) is -3.04. The summed E-state index contributed by atoms with van der Waals surface area (Å²) in [6.07, 6.45) is -0.00190. The lowest BCUT2D eigenvalue weighted by atomic mass is 9.93. The van der Waals surface area contributed by atoms with Gasteiger partial charge in [0.05, 0.1) is 29.9 Å². The summed E-state index contributed by atoms with van der Waals surface area (Å²) in [5.41, 5.74) is -2.22. The standard InChI is InChI=1S/C23H25F3N2O4S/c1-14-12-28(13-15(32-14)11-27-33(2,30)31)22(29)18-10-23(18,26)17-7-4-3-6-16(17)21-19(24)8-5-9-20(21)25/h3-9,14-15,18,27H,10-13H2,1-2H3/t14-,15-,18+,23-/m1/s1. The fraction of sp³-hybridized carbons (Fsp3) is 0.435. The molecule has 1 amide bonds. The Morgan fingerprint density at radius 2 is 1.82 bits per heavy atom. The molecule has 2 aromatic rings. The highest BCUT2D eigenvalue weighted by molar-refractivity contribution is 7.88. The molecule has 2 aliphatic rings. The monoisotopic (exact) mass is 482 g/mol. The number of nitrogens with one attached hydrogen (secondary N) is 1. The van der Waals surface area contributed by atoms with Crippen LogP contribution in [-0.4, -0.2) is 57.3 Å². The Hall–Kier alpha value is -2.43. The van der Waals surface area contributed by atoms with Gasteiger partial charge in [0.2, 0.25) is 15.9 Å². The smallest absolute Gasteiger partial charge is 0.229 e. The van der Waals surface area contributed by atoms with Crippen molar-refractivity contribution in [2.24, 2.45) is 5.92 Å². The van der Waals surface area contributed by atoms with Gasteiger partial charge in [-0.05, 0) is 30.2 Å². The number of sulfonamides is 1. The van der Waals surface area contributed by atoms with Crippen LogP contribution in [0.3, 0.4) is 0 Å². The summed E-state index contributed by atoms with van der Waals surface area (Å²) in [6, 6.07) is 9.49. The first kappa shape index (κ1) is 23.7. The summed E-state index contributed by atoms with van der Waals surface area (Å²) in [7, 11) is -3.43. The zero-order valence-electron chi connectivity index (χ0n) is 18.2. The van der Waals surface area contributed by atoms with Crippen molar-refractivity contribution in [2.45, 2.75) is 31.2 Å². The molecule has 178 valence electrons. The van der Waals surface area contributed by atoms with Crippen molar-refractivity contribution in [2.75, 3.05) is 25.9 Å². The average molecular weight is 483 g/mol. The first-order chi connectivity index (χ1) is 15.5. The molecule has 0 bridgehead atoms. The molecule has 1 aliphatic carbocycles. The highest BCUT2D eigenvalue weighted by Crippen LogP contribution is 2.58. The van der Waals surface area contributed by atoms with Crippen LogP contribution >= 0.6 is 0 Å². The highest BCUT2D eigenvalue weighted by Gasteiger charge is 2.62. The lowest BCUT2D eigenvalue weighted by molar-refractivity contribution is -0.146. The van der Waals surface area contributed by atoms with E-state index in [1.807, 2.05) is 0 Å². The second-order valence-electron chi connectivity index (χ2n) is 8.69. The predicted octanol–water partition coefficient (Wildman–Crippen LogP) is 2.98. The van der Waals surface area contributed by atoms with Crippen LogP contribution in [0.15, 0.2) is 42.5 Å². The number of morpholine rings is 1. The third-order valence-corrected chi connectivity index (χ3v) is 6.70. The molecule has 4 atom stereocenters. The van der Waals surface area contributed by atoms with E-state index in [0.29, 0.717) is 0 Å². The van der Waals surface area contributed by atoms with Gasteiger partial charge in [-0.1, -0.05) is 30.3 Å². The van der Waals surface area contributed by atoms with E-state index in [0.717, 1.165) is 18.4 Å². The van der Waals surface area contributed by atoms with Crippen molar-refractivity contribution >= 4 is 15.9 Å². The average Bonchev–Trinajstić information content (AvgIpc) is 3.44. The highest BCUT2D eigenvalue weighted by atomic mass is 32.2. The number of hydrogen-bond donors (Lipinski definition) is 1. The molecule has 6 nitrogen and oxygen atoms in total. The molecule has 4 rings (SSSR count). The van der Waals surface area contributed by atoms with E-state index >= 15 is 4.39 Å². The lowest BCUT2D eigenvalue weighted by Gasteiger charge is -2.37. The Kier molecular flexibility index (Phi) is 6.28. The van der Waals surface area contributed by atoms with Gasteiger partial charge < -0.3 is 9.64 Å². The van der Waals surface area contributed by atoms with Gasteiger partial charge in [0, 0.05) is 26.1 Å². The van der Waals surface area contributed by atoms with Crippen LogP contribution in [-0.2, 0) is 25.2 Å². The Labute approximate surface area is 190 Å². The summed E-state index contributed by atoms with van der Waals surface area (Å²) >= 11 is 0. The molecule has 2 aromatic carbocycles. The third kappa shape index (κ3) is 4.92. The number of rotatable bonds is 6. The number of ether oxygens (including phenoxy) is 1. The van der Waals surface area contributed by atoms with E-state index < -0.39 is 45.3 Å². The summed E-state index contributed by atoms with van der Waals surface area (Å²) in [4.78, 5) is 14.6. The van der Waals surface area contributed by atoms with E-state index in [1.54, 1.807) is 19.1 Å². The second kappa shape index (κ2) is 8.73. The number of carbonyl (C=O) groups is 1. The van der Waals surface area contributed by atoms with Gasteiger partial charge >= 0.3 is 0 Å². The van der Waals surface area contributed by atoms with E-state index in [2.05, 4.69) is 4.72 Å². The minimum absolute atomic E-state index is 0.00617. The molecular weight excluding hydrogens is 457 g/mol. The summed E-state index contributed by atoms with van der Waals surface area (Å²) < 4.78 is 75.6. The molecular formula is C23H25F3N2O4S. The molecule has 33 heavy (non-hydrogen) atoms. The van der Waals surface area contributed by atoms with Crippen LogP contribution in [0, 0.1) is 17.6 Å². The molecule has 10 heteroatoms. The molecule has 1 aliphatic heterocycles. The van der Waals surface area contributed by atoms with Crippen molar-refractivity contribution in [3.63, 3.8) is 0 Å². The third-order valence-electron chi connectivity index (χ3n) is 6.01. The molecule has 1 saturated carbocycles. The van der Waals surface area contributed by atoms with E-state index in [4.69, 9.17) is 4.74 Å². The number of hydrogen-bond acceptors (Lipinski definition) is 4. The molecule has 2 fully saturated rings. The Morgan fingerprint density at radius 1 is 1.15 bits per heavy atom. The minimum atomic E-state index is -3.43. The molecule has 1 saturated heterocycles. The van der Waals surface area contributed by atoms with E-state index in [-0.39, 0.29) is 48.8 Å². The van der Waals surface area contributed by atoms with Crippen LogP contribution < -0.4 is 4.72 Å². The van der Waals surface area contributed by atoms with Gasteiger partial charge in [0.25, 0.3) is 0 Å². The van der Waals surface area contributed by atoms with Gasteiger partial charge in [-0.15, -0.1) is 0 Å². The Balaban J connectivity index is 1.55. The topological polar surface area (TPSA) is 75.7 Å². The maximum atomic E-state index is 16.0. The van der Waals surface area contributed by atoms with Crippen molar-refractivity contribution in [3.05, 3.63) is 59.7 Å². The van der Waals surface area contributed by atoms with Crippen LogP contribution in [0.2, 0.25) is 0 Å². The summed E-state index contributed by atoms with van der Waals surface area (Å²) in [6.45, 7) is 2.10. The second-order valence-corrected chi connectivity index (χ2v) is 10.5. The van der Waals surface area contributed by atoms with Crippen molar-refractivity contribution in [3.8, 4) is 11.1 Å². The van der Waals surface area contributed by atoms with Gasteiger partial charge in [0.15, 0.2) is 0 Å². The maximum Gasteiger partial charge on any atom is 0.229 e. The number of amides is 1. The fourth-order valence-electron chi connectivity index (χ4n) is 4.44. The van der Waals surface area contributed by atoms with Gasteiger partial charge in [-0.3, -0.25) is 4.79 Å². The number of carbonyl (C=O) groups excluding carboxylic acids is 1. The SMILES string of the molecule is C[C@@H]1CN(C(=O)[C@@H]2C[C@@]2(F)c2ccccc2-c2c(F)cccc2F)C[C@@H](CNS(C)(=O)=O)O1. The Bertz CT molecular complexity index is 1160. The van der Waals surface area contributed by atoms with Gasteiger partial charge in [-0.2, -0.15) is 0 Å². The first-order valence-electron chi connectivity index (χ1n) is 10.6. The van der Waals surface area contributed by atoms with E-state index in [1.165, 1.54) is 23.1 Å². The van der Waals surface area contributed by atoms with Crippen molar-refractivity contribution < 1.29 is 31.1 Å². The molecule has 0 aromatic heterocycles. The lowest BCUT2D eigenvalue weighted by Crippen LogP contribution is -2.53. The van der Waals surface area contributed by atoms with Crippen molar-refractivity contribution in [1.29, 1.82) is 0 Å².